The third-order valence-electron chi connectivity index (χ3n) is 3.39. The molecule has 1 N–H and O–H groups in total. The van der Waals surface area contributed by atoms with Crippen molar-refractivity contribution in [2.24, 2.45) is 5.92 Å². The number of nitrogens with one attached hydrogen (secondary N) is 1. The van der Waals surface area contributed by atoms with E-state index >= 15 is 0 Å². The Labute approximate surface area is 141 Å². The molecule has 0 unspecified atom stereocenters. The van der Waals surface area contributed by atoms with Gasteiger partial charge < -0.3 is 10.1 Å². The number of carbonyl (C=O) groups excluding carboxylic acids is 2. The highest BCUT2D eigenvalue weighted by Crippen LogP contribution is 2.24. The number of hydrogen-bond acceptors (Lipinski definition) is 4. The number of benzene rings is 1. The topological polar surface area (TPSA) is 68.3 Å². The number of carbonyl (C=O) groups is 2. The molecule has 2 aromatic rings. The summed E-state index contributed by atoms with van der Waals surface area (Å²) in [7, 11) is 1.52. The van der Waals surface area contributed by atoms with Gasteiger partial charge in [-0.1, -0.05) is 32.0 Å². The van der Waals surface area contributed by atoms with Crippen molar-refractivity contribution in [3.63, 3.8) is 0 Å². The summed E-state index contributed by atoms with van der Waals surface area (Å²) < 4.78 is 5.22. The van der Waals surface area contributed by atoms with Gasteiger partial charge in [-0.15, -0.1) is 0 Å². The summed E-state index contributed by atoms with van der Waals surface area (Å²) in [5, 5.41) is 2.74. The molecule has 0 saturated carbocycles. The molecule has 5 heteroatoms. The largest absolute Gasteiger partial charge is 0.495 e. The van der Waals surface area contributed by atoms with Gasteiger partial charge >= 0.3 is 0 Å². The monoisotopic (exact) mass is 324 g/mol. The number of ether oxygens (including phenoxy) is 1. The van der Waals surface area contributed by atoms with Crippen LogP contribution in [0.4, 0.5) is 5.69 Å². The molecule has 0 spiro atoms. The fourth-order valence-corrected chi connectivity index (χ4v) is 2.13. The Bertz CT molecular complexity index is 752. The minimum absolute atomic E-state index is 0.0870. The quantitative estimate of drug-likeness (QED) is 0.503. The van der Waals surface area contributed by atoms with E-state index in [1.165, 1.54) is 7.11 Å². The average molecular weight is 324 g/mol. The molecule has 0 bridgehead atoms. The van der Waals surface area contributed by atoms with E-state index < -0.39 is 5.91 Å². The second-order valence-electron chi connectivity index (χ2n) is 5.52. The molecular weight excluding hydrogens is 304 g/mol. The van der Waals surface area contributed by atoms with Crippen LogP contribution in [0.2, 0.25) is 0 Å². The van der Waals surface area contributed by atoms with Gasteiger partial charge in [-0.3, -0.25) is 14.6 Å². The van der Waals surface area contributed by atoms with Gasteiger partial charge in [-0.2, -0.15) is 0 Å². The second-order valence-corrected chi connectivity index (χ2v) is 5.52. The van der Waals surface area contributed by atoms with E-state index in [4.69, 9.17) is 4.74 Å². The standard InChI is InChI=1S/C19H20N2O3/c1-13(2)18(22)15(11-14-7-6-10-20-12-14)19(23)21-16-8-4-5-9-17(16)24-3/h4-13H,1-3H3,(H,21,23). The Morgan fingerprint density at radius 2 is 1.92 bits per heavy atom. The highest BCUT2D eigenvalue weighted by molar-refractivity contribution is 6.26. The first-order chi connectivity index (χ1) is 11.5. The Kier molecular flexibility index (Phi) is 5.84. The predicted molar refractivity (Wildman–Crippen MR) is 93.7 cm³/mol. The molecule has 1 aromatic carbocycles. The number of aromatic nitrogens is 1. The molecular formula is C19H20N2O3. The number of hydrogen-bond donors (Lipinski definition) is 1. The third-order valence-corrected chi connectivity index (χ3v) is 3.39. The van der Waals surface area contributed by atoms with E-state index in [9.17, 15) is 9.59 Å². The molecule has 0 radical (unpaired) electrons. The normalized spacial score (nSPS) is 11.2. The lowest BCUT2D eigenvalue weighted by Crippen LogP contribution is -2.23. The van der Waals surface area contributed by atoms with Gasteiger partial charge in [0, 0.05) is 18.3 Å². The maximum atomic E-state index is 12.7. The maximum Gasteiger partial charge on any atom is 0.259 e. The van der Waals surface area contributed by atoms with Gasteiger partial charge in [0.2, 0.25) is 0 Å². The molecule has 1 heterocycles. The summed E-state index contributed by atoms with van der Waals surface area (Å²) in [6.45, 7) is 3.52. The number of nitrogens with zero attached hydrogens (tertiary/aromatic N) is 1. The zero-order chi connectivity index (χ0) is 17.5. The molecule has 0 fully saturated rings. The number of ketones is 1. The highest BCUT2D eigenvalue weighted by atomic mass is 16.5. The smallest absolute Gasteiger partial charge is 0.259 e. The second kappa shape index (κ2) is 8.06. The lowest BCUT2D eigenvalue weighted by atomic mass is 9.98. The van der Waals surface area contributed by atoms with Gasteiger partial charge in [0.1, 0.15) is 5.75 Å². The van der Waals surface area contributed by atoms with Gasteiger partial charge in [0.05, 0.1) is 18.4 Å². The summed E-state index contributed by atoms with van der Waals surface area (Å²) in [6.07, 6.45) is 4.79. The van der Waals surface area contributed by atoms with Crippen LogP contribution < -0.4 is 10.1 Å². The zero-order valence-electron chi connectivity index (χ0n) is 13.9. The number of amides is 1. The lowest BCUT2D eigenvalue weighted by molar-refractivity contribution is -0.121. The summed E-state index contributed by atoms with van der Waals surface area (Å²) in [5.74, 6) is -0.465. The van der Waals surface area contributed by atoms with E-state index in [0.29, 0.717) is 17.0 Å². The van der Waals surface area contributed by atoms with E-state index in [1.54, 1.807) is 68.7 Å². The fourth-order valence-electron chi connectivity index (χ4n) is 2.13. The summed E-state index contributed by atoms with van der Waals surface area (Å²) >= 11 is 0. The van der Waals surface area contributed by atoms with Crippen molar-refractivity contribution in [3.05, 3.63) is 59.9 Å². The zero-order valence-corrected chi connectivity index (χ0v) is 13.9. The Morgan fingerprint density at radius 1 is 1.17 bits per heavy atom. The van der Waals surface area contributed by atoms with Crippen molar-refractivity contribution in [1.82, 2.24) is 4.98 Å². The number of Topliss-reactive ketones (excluding diaryl/α,β-unsaturated/α-hetero) is 1. The number of pyridine rings is 1. The van der Waals surface area contributed by atoms with Crippen LogP contribution in [-0.2, 0) is 9.59 Å². The molecule has 0 aliphatic heterocycles. The predicted octanol–water partition coefficient (Wildman–Crippen LogP) is 3.34. The van der Waals surface area contributed by atoms with Gasteiger partial charge in [-0.25, -0.2) is 0 Å². The van der Waals surface area contributed by atoms with Gasteiger partial charge in [0.15, 0.2) is 5.78 Å². The molecule has 1 aromatic heterocycles. The van der Waals surface area contributed by atoms with Crippen molar-refractivity contribution < 1.29 is 14.3 Å². The van der Waals surface area contributed by atoms with Crippen molar-refractivity contribution in [2.75, 3.05) is 12.4 Å². The first kappa shape index (κ1) is 17.4. The number of rotatable bonds is 6. The van der Waals surface area contributed by atoms with Crippen LogP contribution in [0.5, 0.6) is 5.75 Å². The number of para-hydroxylation sites is 2. The molecule has 124 valence electrons. The van der Waals surface area contributed by atoms with E-state index in [0.717, 1.165) is 0 Å². The fraction of sp³-hybridized carbons (Fsp3) is 0.211. The van der Waals surface area contributed by atoms with Crippen LogP contribution in [0.1, 0.15) is 19.4 Å². The van der Waals surface area contributed by atoms with Crippen molar-refractivity contribution in [2.45, 2.75) is 13.8 Å². The molecule has 0 aliphatic rings. The van der Waals surface area contributed by atoms with Crippen LogP contribution in [-0.4, -0.2) is 23.8 Å². The molecule has 2 rings (SSSR count). The first-order valence-electron chi connectivity index (χ1n) is 7.63. The van der Waals surface area contributed by atoms with Crippen LogP contribution in [0.15, 0.2) is 54.4 Å². The van der Waals surface area contributed by atoms with E-state index in [1.807, 2.05) is 0 Å². The molecule has 0 saturated heterocycles. The van der Waals surface area contributed by atoms with Gasteiger partial charge in [-0.05, 0) is 29.8 Å². The van der Waals surface area contributed by atoms with Crippen LogP contribution in [0.25, 0.3) is 6.08 Å². The molecule has 0 atom stereocenters. The van der Waals surface area contributed by atoms with Crippen LogP contribution in [0, 0.1) is 5.92 Å². The van der Waals surface area contributed by atoms with Crippen LogP contribution >= 0.6 is 0 Å². The van der Waals surface area contributed by atoms with E-state index in [-0.39, 0.29) is 17.3 Å². The Balaban J connectivity index is 2.35. The highest BCUT2D eigenvalue weighted by Gasteiger charge is 2.22. The van der Waals surface area contributed by atoms with Crippen molar-refractivity contribution in [1.29, 1.82) is 0 Å². The Hall–Kier alpha value is -2.95. The third kappa shape index (κ3) is 4.29. The van der Waals surface area contributed by atoms with Crippen LogP contribution in [0.3, 0.4) is 0 Å². The van der Waals surface area contributed by atoms with Gasteiger partial charge in [0.25, 0.3) is 5.91 Å². The maximum absolute atomic E-state index is 12.7. The minimum atomic E-state index is -0.470. The molecule has 24 heavy (non-hydrogen) atoms. The average Bonchev–Trinajstić information content (AvgIpc) is 2.60. The van der Waals surface area contributed by atoms with E-state index in [2.05, 4.69) is 10.3 Å². The van der Waals surface area contributed by atoms with Crippen molar-refractivity contribution in [3.8, 4) is 5.75 Å². The molecule has 5 nitrogen and oxygen atoms in total. The minimum Gasteiger partial charge on any atom is -0.495 e. The first-order valence-corrected chi connectivity index (χ1v) is 7.63. The van der Waals surface area contributed by atoms with Crippen molar-refractivity contribution >= 4 is 23.5 Å². The summed E-state index contributed by atoms with van der Waals surface area (Å²) in [6, 6.07) is 10.6. The lowest BCUT2D eigenvalue weighted by Gasteiger charge is -2.13. The molecule has 0 aliphatic carbocycles. The number of anilines is 1. The number of methoxy groups -OCH3 is 1. The molecule has 1 amide bonds. The SMILES string of the molecule is COc1ccccc1NC(=O)C(=Cc1cccnc1)C(=O)C(C)C. The summed E-state index contributed by atoms with van der Waals surface area (Å²) in [4.78, 5) is 29.1. The Morgan fingerprint density at radius 3 is 2.54 bits per heavy atom. The summed E-state index contributed by atoms with van der Waals surface area (Å²) in [5.41, 5.74) is 1.29.